The Morgan fingerprint density at radius 1 is 1.18 bits per heavy atom. The zero-order chi connectivity index (χ0) is 8.43. The summed E-state index contributed by atoms with van der Waals surface area (Å²) in [6.07, 6.45) is 0. The van der Waals surface area contributed by atoms with Gasteiger partial charge in [0.05, 0.1) is 7.11 Å². The molecule has 0 unspecified atom stereocenters. The van der Waals surface area contributed by atoms with Crippen molar-refractivity contribution in [3.05, 3.63) is 23.3 Å². The summed E-state index contributed by atoms with van der Waals surface area (Å²) in [7, 11) is 1.59. The van der Waals surface area contributed by atoms with Crippen LogP contribution in [0.2, 0.25) is 0 Å². The van der Waals surface area contributed by atoms with E-state index in [1.807, 2.05) is 19.9 Å². The molecular formula is C9H12O2. The van der Waals surface area contributed by atoms with Crippen molar-refractivity contribution < 1.29 is 9.84 Å². The molecule has 0 bridgehead atoms. The Morgan fingerprint density at radius 3 is 2.36 bits per heavy atom. The standard InChI is InChI=1S/C9H12O2/c1-6-4-7(2)9(11-3)5-8(6)10/h4-5,10H,1-3H3. The topological polar surface area (TPSA) is 29.5 Å². The molecular weight excluding hydrogens is 140 g/mol. The van der Waals surface area contributed by atoms with Crippen molar-refractivity contribution in [2.75, 3.05) is 7.11 Å². The van der Waals surface area contributed by atoms with Crippen LogP contribution in [0.5, 0.6) is 11.5 Å². The van der Waals surface area contributed by atoms with Crippen LogP contribution in [0.1, 0.15) is 11.1 Å². The maximum Gasteiger partial charge on any atom is 0.125 e. The Balaban J connectivity index is 3.21. The Labute approximate surface area is 66.4 Å². The van der Waals surface area contributed by atoms with Crippen LogP contribution < -0.4 is 4.74 Å². The second-order valence-corrected chi connectivity index (χ2v) is 2.61. The Bertz CT molecular complexity index is 267. The number of rotatable bonds is 1. The fourth-order valence-electron chi connectivity index (χ4n) is 1.04. The molecule has 0 spiro atoms. The molecule has 0 aliphatic carbocycles. The zero-order valence-electron chi connectivity index (χ0n) is 7.01. The van der Waals surface area contributed by atoms with Gasteiger partial charge in [-0.15, -0.1) is 0 Å². The third kappa shape index (κ3) is 1.45. The van der Waals surface area contributed by atoms with E-state index in [2.05, 4.69) is 0 Å². The number of phenols is 1. The summed E-state index contributed by atoms with van der Waals surface area (Å²) in [4.78, 5) is 0. The van der Waals surface area contributed by atoms with Gasteiger partial charge in [-0.2, -0.15) is 0 Å². The van der Waals surface area contributed by atoms with Crippen LogP contribution in [0, 0.1) is 13.8 Å². The summed E-state index contributed by atoms with van der Waals surface area (Å²) in [5.74, 6) is 1.01. The van der Waals surface area contributed by atoms with E-state index < -0.39 is 0 Å². The summed E-state index contributed by atoms with van der Waals surface area (Å²) in [6.45, 7) is 3.81. The molecule has 0 saturated carbocycles. The molecule has 0 aromatic heterocycles. The number of hydrogen-bond acceptors (Lipinski definition) is 2. The molecule has 1 rings (SSSR count). The molecule has 1 aromatic carbocycles. The van der Waals surface area contributed by atoms with E-state index in [1.54, 1.807) is 13.2 Å². The third-order valence-electron chi connectivity index (χ3n) is 1.71. The number of benzene rings is 1. The van der Waals surface area contributed by atoms with E-state index in [0.29, 0.717) is 0 Å². The first kappa shape index (κ1) is 7.92. The molecule has 0 radical (unpaired) electrons. The van der Waals surface area contributed by atoms with Crippen molar-refractivity contribution in [2.24, 2.45) is 0 Å². The van der Waals surface area contributed by atoms with E-state index >= 15 is 0 Å². The SMILES string of the molecule is COc1cc(O)c(C)cc1C. The summed E-state index contributed by atoms with van der Waals surface area (Å²) in [6, 6.07) is 3.53. The number of ether oxygens (including phenoxy) is 1. The first-order valence-corrected chi connectivity index (χ1v) is 3.49. The van der Waals surface area contributed by atoms with Gasteiger partial charge in [-0.3, -0.25) is 0 Å². The molecule has 0 heterocycles. The van der Waals surface area contributed by atoms with E-state index in [0.717, 1.165) is 16.9 Å². The first-order chi connectivity index (χ1) is 5.15. The quantitative estimate of drug-likeness (QED) is 0.667. The number of aromatic hydroxyl groups is 1. The predicted octanol–water partition coefficient (Wildman–Crippen LogP) is 2.02. The second kappa shape index (κ2) is 2.82. The fourth-order valence-corrected chi connectivity index (χ4v) is 1.04. The van der Waals surface area contributed by atoms with Crippen molar-refractivity contribution in [1.29, 1.82) is 0 Å². The summed E-state index contributed by atoms with van der Waals surface area (Å²) in [5.41, 5.74) is 1.92. The first-order valence-electron chi connectivity index (χ1n) is 3.49. The van der Waals surface area contributed by atoms with Gasteiger partial charge < -0.3 is 9.84 Å². The van der Waals surface area contributed by atoms with Gasteiger partial charge in [0.2, 0.25) is 0 Å². The van der Waals surface area contributed by atoms with Crippen LogP contribution >= 0.6 is 0 Å². The largest absolute Gasteiger partial charge is 0.508 e. The van der Waals surface area contributed by atoms with Gasteiger partial charge in [0.25, 0.3) is 0 Å². The van der Waals surface area contributed by atoms with Crippen molar-refractivity contribution in [3.63, 3.8) is 0 Å². The highest BCUT2D eigenvalue weighted by Gasteiger charge is 2.01. The summed E-state index contributed by atoms with van der Waals surface area (Å²) in [5, 5.41) is 9.28. The second-order valence-electron chi connectivity index (χ2n) is 2.61. The summed E-state index contributed by atoms with van der Waals surface area (Å²) >= 11 is 0. The van der Waals surface area contributed by atoms with Crippen molar-refractivity contribution in [2.45, 2.75) is 13.8 Å². The molecule has 60 valence electrons. The highest BCUT2D eigenvalue weighted by molar-refractivity contribution is 5.44. The molecule has 1 aromatic rings. The van der Waals surface area contributed by atoms with Crippen LogP contribution in [0.4, 0.5) is 0 Å². The normalized spacial score (nSPS) is 9.73. The van der Waals surface area contributed by atoms with Crippen LogP contribution in [0.15, 0.2) is 12.1 Å². The molecule has 0 amide bonds. The Morgan fingerprint density at radius 2 is 1.82 bits per heavy atom. The molecule has 0 fully saturated rings. The van der Waals surface area contributed by atoms with E-state index in [9.17, 15) is 5.11 Å². The van der Waals surface area contributed by atoms with E-state index in [4.69, 9.17) is 4.74 Å². The number of aryl methyl sites for hydroxylation is 2. The number of methoxy groups -OCH3 is 1. The molecule has 11 heavy (non-hydrogen) atoms. The predicted molar refractivity (Wildman–Crippen MR) is 44.1 cm³/mol. The lowest BCUT2D eigenvalue weighted by molar-refractivity contribution is 0.404. The molecule has 0 aliphatic rings. The molecule has 0 atom stereocenters. The minimum atomic E-state index is 0.285. The van der Waals surface area contributed by atoms with Gasteiger partial charge in [0, 0.05) is 6.07 Å². The van der Waals surface area contributed by atoms with Crippen molar-refractivity contribution in [1.82, 2.24) is 0 Å². The lowest BCUT2D eigenvalue weighted by atomic mass is 10.1. The highest BCUT2D eigenvalue weighted by Crippen LogP contribution is 2.26. The van der Waals surface area contributed by atoms with Gasteiger partial charge in [-0.05, 0) is 31.0 Å². The molecule has 0 aliphatic heterocycles. The Hall–Kier alpha value is -1.18. The fraction of sp³-hybridized carbons (Fsp3) is 0.333. The molecule has 1 N–H and O–H groups in total. The number of hydrogen-bond donors (Lipinski definition) is 1. The summed E-state index contributed by atoms with van der Waals surface area (Å²) < 4.78 is 5.02. The van der Waals surface area contributed by atoms with Crippen molar-refractivity contribution >= 4 is 0 Å². The average molecular weight is 152 g/mol. The lowest BCUT2D eigenvalue weighted by Gasteiger charge is -2.06. The number of phenolic OH excluding ortho intramolecular Hbond substituents is 1. The highest BCUT2D eigenvalue weighted by atomic mass is 16.5. The molecule has 2 nitrogen and oxygen atoms in total. The van der Waals surface area contributed by atoms with Crippen LogP contribution in [0.3, 0.4) is 0 Å². The minimum absolute atomic E-state index is 0.285. The van der Waals surface area contributed by atoms with Crippen LogP contribution in [-0.4, -0.2) is 12.2 Å². The van der Waals surface area contributed by atoms with Gasteiger partial charge in [-0.25, -0.2) is 0 Å². The molecule has 2 heteroatoms. The van der Waals surface area contributed by atoms with Gasteiger partial charge in [0.1, 0.15) is 11.5 Å². The minimum Gasteiger partial charge on any atom is -0.508 e. The maximum absolute atomic E-state index is 9.28. The third-order valence-corrected chi connectivity index (χ3v) is 1.71. The van der Waals surface area contributed by atoms with Crippen LogP contribution in [0.25, 0.3) is 0 Å². The average Bonchev–Trinajstić information content (AvgIpc) is 1.97. The van der Waals surface area contributed by atoms with E-state index in [-0.39, 0.29) is 5.75 Å². The maximum atomic E-state index is 9.28. The van der Waals surface area contributed by atoms with Gasteiger partial charge in [0.15, 0.2) is 0 Å². The van der Waals surface area contributed by atoms with Crippen molar-refractivity contribution in [3.8, 4) is 11.5 Å². The smallest absolute Gasteiger partial charge is 0.125 e. The van der Waals surface area contributed by atoms with Gasteiger partial charge in [-0.1, -0.05) is 0 Å². The van der Waals surface area contributed by atoms with E-state index in [1.165, 1.54) is 0 Å². The van der Waals surface area contributed by atoms with Gasteiger partial charge >= 0.3 is 0 Å². The zero-order valence-corrected chi connectivity index (χ0v) is 7.01. The monoisotopic (exact) mass is 152 g/mol. The Kier molecular flexibility index (Phi) is 2.03. The molecule has 0 saturated heterocycles. The van der Waals surface area contributed by atoms with Crippen LogP contribution in [-0.2, 0) is 0 Å². The lowest BCUT2D eigenvalue weighted by Crippen LogP contribution is -1.87.